The molecule has 1 N–H and O–H groups in total. The van der Waals surface area contributed by atoms with Crippen LogP contribution < -0.4 is 5.32 Å². The molecule has 3 nitrogen and oxygen atoms in total. The minimum atomic E-state index is 0.269. The summed E-state index contributed by atoms with van der Waals surface area (Å²) in [6.07, 6.45) is 4.44. The van der Waals surface area contributed by atoms with Crippen molar-refractivity contribution < 1.29 is 9.47 Å². The summed E-state index contributed by atoms with van der Waals surface area (Å²) in [4.78, 5) is 0. The Morgan fingerprint density at radius 2 is 1.84 bits per heavy atom. The van der Waals surface area contributed by atoms with Gasteiger partial charge in [0.2, 0.25) is 0 Å². The normalized spacial score (nSPS) is 36.9. The number of hydrogen-bond acceptors (Lipinski definition) is 3. The summed E-state index contributed by atoms with van der Waals surface area (Å²) in [6.45, 7) is 12.9. The summed E-state index contributed by atoms with van der Waals surface area (Å²) < 4.78 is 11.6. The van der Waals surface area contributed by atoms with Crippen LogP contribution in [0.15, 0.2) is 0 Å². The molecule has 0 aromatic rings. The first kappa shape index (κ1) is 15.3. The van der Waals surface area contributed by atoms with Crippen molar-refractivity contribution in [1.29, 1.82) is 0 Å². The largest absolute Gasteiger partial charge is 0.378 e. The SMILES string of the molecule is CCOC1CC(NC2CC(OCC(C)C)C2(C)C)C1. The molecule has 112 valence electrons. The molecule has 0 aromatic carbocycles. The third-order valence-electron chi connectivity index (χ3n) is 4.74. The Bertz CT molecular complexity index is 284. The summed E-state index contributed by atoms with van der Waals surface area (Å²) in [5.74, 6) is 0.626. The van der Waals surface area contributed by atoms with Gasteiger partial charge in [-0.1, -0.05) is 27.7 Å². The number of ether oxygens (including phenoxy) is 2. The van der Waals surface area contributed by atoms with E-state index < -0.39 is 0 Å². The lowest BCUT2D eigenvalue weighted by atomic mass is 9.63. The zero-order valence-electron chi connectivity index (χ0n) is 13.2. The Hall–Kier alpha value is -0.120. The molecular formula is C16H31NO2. The number of rotatable bonds is 7. The van der Waals surface area contributed by atoms with Gasteiger partial charge in [-0.2, -0.15) is 0 Å². The van der Waals surface area contributed by atoms with E-state index in [-0.39, 0.29) is 5.41 Å². The molecule has 2 atom stereocenters. The average Bonchev–Trinajstić information content (AvgIpc) is 2.28. The Morgan fingerprint density at radius 1 is 1.16 bits per heavy atom. The predicted octanol–water partition coefficient (Wildman–Crippen LogP) is 2.98. The van der Waals surface area contributed by atoms with Crippen LogP contribution in [0.2, 0.25) is 0 Å². The van der Waals surface area contributed by atoms with Gasteiger partial charge in [0.05, 0.1) is 12.2 Å². The van der Waals surface area contributed by atoms with Crippen molar-refractivity contribution in [3.8, 4) is 0 Å². The Kier molecular flexibility index (Phi) is 4.91. The highest BCUT2D eigenvalue weighted by atomic mass is 16.5. The van der Waals surface area contributed by atoms with Crippen LogP contribution in [0.5, 0.6) is 0 Å². The molecular weight excluding hydrogens is 238 g/mol. The first-order valence-electron chi connectivity index (χ1n) is 7.92. The topological polar surface area (TPSA) is 30.5 Å². The molecule has 2 unspecified atom stereocenters. The van der Waals surface area contributed by atoms with Gasteiger partial charge in [0.1, 0.15) is 0 Å². The summed E-state index contributed by atoms with van der Waals surface area (Å²) in [7, 11) is 0. The molecule has 0 aromatic heterocycles. The average molecular weight is 269 g/mol. The molecule has 0 radical (unpaired) electrons. The van der Waals surface area contributed by atoms with E-state index in [0.717, 1.165) is 19.6 Å². The van der Waals surface area contributed by atoms with Crippen molar-refractivity contribution in [3.63, 3.8) is 0 Å². The Labute approximate surface area is 118 Å². The van der Waals surface area contributed by atoms with Crippen LogP contribution in [0.25, 0.3) is 0 Å². The van der Waals surface area contributed by atoms with E-state index in [2.05, 4.69) is 39.9 Å². The van der Waals surface area contributed by atoms with E-state index in [1.54, 1.807) is 0 Å². The lowest BCUT2D eigenvalue weighted by Crippen LogP contribution is -2.64. The van der Waals surface area contributed by atoms with E-state index in [1.165, 1.54) is 12.8 Å². The van der Waals surface area contributed by atoms with Crippen LogP contribution in [-0.4, -0.2) is 37.5 Å². The van der Waals surface area contributed by atoms with E-state index in [4.69, 9.17) is 9.47 Å². The van der Waals surface area contributed by atoms with Crippen LogP contribution in [0.3, 0.4) is 0 Å². The number of hydrogen-bond donors (Lipinski definition) is 1. The third-order valence-corrected chi connectivity index (χ3v) is 4.74. The maximum absolute atomic E-state index is 6.01. The van der Waals surface area contributed by atoms with Gasteiger partial charge < -0.3 is 14.8 Å². The van der Waals surface area contributed by atoms with Gasteiger partial charge in [-0.15, -0.1) is 0 Å². The Morgan fingerprint density at radius 3 is 2.37 bits per heavy atom. The summed E-state index contributed by atoms with van der Waals surface area (Å²) >= 11 is 0. The van der Waals surface area contributed by atoms with Crippen molar-refractivity contribution >= 4 is 0 Å². The lowest BCUT2D eigenvalue weighted by molar-refractivity contribution is -0.131. The highest BCUT2D eigenvalue weighted by Crippen LogP contribution is 2.44. The summed E-state index contributed by atoms with van der Waals surface area (Å²) in [6, 6.07) is 1.27. The van der Waals surface area contributed by atoms with Gasteiger partial charge in [-0.3, -0.25) is 0 Å². The van der Waals surface area contributed by atoms with Gasteiger partial charge in [0.25, 0.3) is 0 Å². The van der Waals surface area contributed by atoms with Crippen LogP contribution in [0.1, 0.15) is 53.9 Å². The monoisotopic (exact) mass is 269 g/mol. The lowest BCUT2D eigenvalue weighted by Gasteiger charge is -2.54. The molecule has 0 saturated heterocycles. The molecule has 2 saturated carbocycles. The second-order valence-corrected chi connectivity index (χ2v) is 7.24. The first-order chi connectivity index (χ1) is 8.93. The standard InChI is InChI=1S/C16H31NO2/c1-6-18-13-7-12(8-13)17-14-9-15(16(14,4)5)19-10-11(2)3/h11-15,17H,6-10H2,1-5H3. The summed E-state index contributed by atoms with van der Waals surface area (Å²) in [5.41, 5.74) is 0.269. The Balaban J connectivity index is 1.67. The van der Waals surface area contributed by atoms with Gasteiger partial charge in [0, 0.05) is 30.7 Å². The molecule has 2 rings (SSSR count). The molecule has 2 aliphatic rings. The fourth-order valence-corrected chi connectivity index (χ4v) is 3.12. The van der Waals surface area contributed by atoms with Crippen molar-refractivity contribution in [1.82, 2.24) is 5.32 Å². The molecule has 0 heterocycles. The minimum absolute atomic E-state index is 0.269. The maximum Gasteiger partial charge on any atom is 0.0656 e. The van der Waals surface area contributed by atoms with E-state index >= 15 is 0 Å². The quantitative estimate of drug-likeness (QED) is 0.771. The first-order valence-corrected chi connectivity index (χ1v) is 7.92. The van der Waals surface area contributed by atoms with Gasteiger partial charge in [-0.25, -0.2) is 0 Å². The smallest absolute Gasteiger partial charge is 0.0656 e. The molecule has 0 spiro atoms. The molecule has 2 fully saturated rings. The zero-order valence-corrected chi connectivity index (χ0v) is 13.2. The minimum Gasteiger partial charge on any atom is -0.378 e. The second-order valence-electron chi connectivity index (χ2n) is 7.24. The van der Waals surface area contributed by atoms with Gasteiger partial charge in [0.15, 0.2) is 0 Å². The molecule has 0 amide bonds. The third kappa shape index (κ3) is 3.50. The zero-order chi connectivity index (χ0) is 14.0. The van der Waals surface area contributed by atoms with Crippen molar-refractivity contribution in [2.24, 2.45) is 11.3 Å². The van der Waals surface area contributed by atoms with Crippen LogP contribution in [-0.2, 0) is 9.47 Å². The molecule has 0 bridgehead atoms. The van der Waals surface area contributed by atoms with Crippen molar-refractivity contribution in [2.45, 2.75) is 78.2 Å². The maximum atomic E-state index is 6.01. The fourth-order valence-electron chi connectivity index (χ4n) is 3.12. The van der Waals surface area contributed by atoms with Crippen molar-refractivity contribution in [2.75, 3.05) is 13.2 Å². The predicted molar refractivity (Wildman–Crippen MR) is 78.3 cm³/mol. The summed E-state index contributed by atoms with van der Waals surface area (Å²) in [5, 5.41) is 3.79. The molecule has 2 aliphatic carbocycles. The molecule has 3 heteroatoms. The fraction of sp³-hybridized carbons (Fsp3) is 1.00. The van der Waals surface area contributed by atoms with Crippen molar-refractivity contribution in [3.05, 3.63) is 0 Å². The number of nitrogens with one attached hydrogen (secondary N) is 1. The highest BCUT2D eigenvalue weighted by molar-refractivity contribution is 5.05. The van der Waals surface area contributed by atoms with Gasteiger partial charge >= 0.3 is 0 Å². The molecule has 0 aliphatic heterocycles. The van der Waals surface area contributed by atoms with Crippen LogP contribution in [0, 0.1) is 11.3 Å². The van der Waals surface area contributed by atoms with Crippen LogP contribution >= 0.6 is 0 Å². The van der Waals surface area contributed by atoms with E-state index in [9.17, 15) is 0 Å². The highest BCUT2D eigenvalue weighted by Gasteiger charge is 2.50. The van der Waals surface area contributed by atoms with E-state index in [0.29, 0.717) is 30.2 Å². The second kappa shape index (κ2) is 6.11. The van der Waals surface area contributed by atoms with Gasteiger partial charge in [-0.05, 0) is 32.1 Å². The molecule has 19 heavy (non-hydrogen) atoms. The van der Waals surface area contributed by atoms with Crippen LogP contribution in [0.4, 0.5) is 0 Å². The van der Waals surface area contributed by atoms with E-state index in [1.807, 2.05) is 0 Å².